The van der Waals surface area contributed by atoms with Crippen molar-refractivity contribution in [3.63, 3.8) is 0 Å². The Kier molecular flexibility index (Phi) is 6.51. The van der Waals surface area contributed by atoms with Gasteiger partial charge in [-0.25, -0.2) is 0 Å². The first-order valence-corrected chi connectivity index (χ1v) is 11.5. The Morgan fingerprint density at radius 2 is 1.38 bits per heavy atom. The molecule has 0 unspecified atom stereocenters. The molecule has 3 aliphatic carbocycles. The van der Waals surface area contributed by atoms with Crippen molar-refractivity contribution in [2.45, 2.75) is 116 Å². The number of carboxylic acid groups (broad SMARTS) is 1. The van der Waals surface area contributed by atoms with Gasteiger partial charge >= 0.3 is 5.97 Å². The molecule has 0 atom stereocenters. The molecule has 0 aliphatic heterocycles. The van der Waals surface area contributed by atoms with E-state index in [9.17, 15) is 9.90 Å². The Balaban J connectivity index is 1.27. The van der Waals surface area contributed by atoms with Crippen molar-refractivity contribution in [2.24, 2.45) is 16.2 Å². The van der Waals surface area contributed by atoms with Crippen LogP contribution in [0.25, 0.3) is 0 Å². The number of carboxylic acids is 1. The summed E-state index contributed by atoms with van der Waals surface area (Å²) in [6.45, 7) is 2.27. The number of unbranched alkanes of at least 4 members (excludes halogenated alkanes) is 8. The van der Waals surface area contributed by atoms with Gasteiger partial charge in [0.15, 0.2) is 0 Å². The van der Waals surface area contributed by atoms with E-state index in [1.807, 2.05) is 0 Å². The lowest BCUT2D eigenvalue weighted by molar-refractivity contribution is -0.148. The summed E-state index contributed by atoms with van der Waals surface area (Å²) in [7, 11) is 0. The smallest absolute Gasteiger partial charge is 0.310 e. The maximum atomic E-state index is 11.8. The predicted octanol–water partition coefficient (Wildman–Crippen LogP) is 7.28. The molecule has 3 rings (SSSR count). The molecule has 3 fully saturated rings. The van der Waals surface area contributed by atoms with E-state index in [1.165, 1.54) is 96.3 Å². The monoisotopic (exact) mass is 360 g/mol. The average Bonchev–Trinajstić information content (AvgIpc) is 3.45. The van der Waals surface area contributed by atoms with Crippen LogP contribution in [0.2, 0.25) is 0 Å². The molecule has 3 saturated carbocycles. The number of allylic oxidation sites excluding steroid dienone is 2. The van der Waals surface area contributed by atoms with Gasteiger partial charge < -0.3 is 5.11 Å². The molecule has 0 aromatic heterocycles. The van der Waals surface area contributed by atoms with Gasteiger partial charge in [0.25, 0.3) is 0 Å². The minimum absolute atomic E-state index is 0.208. The van der Waals surface area contributed by atoms with Crippen molar-refractivity contribution >= 4 is 5.97 Å². The molecule has 0 radical (unpaired) electrons. The van der Waals surface area contributed by atoms with Crippen LogP contribution >= 0.6 is 0 Å². The molecular formula is C24H40O2. The lowest BCUT2D eigenvalue weighted by atomic mass is 9.70. The van der Waals surface area contributed by atoms with Crippen LogP contribution < -0.4 is 0 Å². The van der Waals surface area contributed by atoms with E-state index in [-0.39, 0.29) is 10.8 Å². The zero-order valence-electron chi connectivity index (χ0n) is 17.0. The van der Waals surface area contributed by atoms with Gasteiger partial charge in [0, 0.05) is 0 Å². The molecular weight excluding hydrogens is 320 g/mol. The van der Waals surface area contributed by atoms with E-state index in [0.717, 1.165) is 12.8 Å². The predicted molar refractivity (Wildman–Crippen MR) is 108 cm³/mol. The van der Waals surface area contributed by atoms with E-state index < -0.39 is 5.97 Å². The summed E-state index contributed by atoms with van der Waals surface area (Å²) < 4.78 is 0. The second-order valence-electron chi connectivity index (χ2n) is 9.52. The largest absolute Gasteiger partial charge is 0.481 e. The fourth-order valence-corrected chi connectivity index (χ4v) is 5.79. The van der Waals surface area contributed by atoms with Crippen molar-refractivity contribution in [1.29, 1.82) is 0 Å². The normalized spacial score (nSPS) is 23.9. The number of hydrogen-bond acceptors (Lipinski definition) is 1. The Morgan fingerprint density at radius 3 is 1.88 bits per heavy atom. The lowest BCUT2D eigenvalue weighted by Crippen LogP contribution is -2.34. The molecule has 1 N–H and O–H groups in total. The molecule has 148 valence electrons. The second kappa shape index (κ2) is 8.48. The molecule has 0 heterocycles. The van der Waals surface area contributed by atoms with Crippen LogP contribution in [0.5, 0.6) is 0 Å². The summed E-state index contributed by atoms with van der Waals surface area (Å²) >= 11 is 0. The fraction of sp³-hybridized carbons (Fsp3) is 0.875. The van der Waals surface area contributed by atoms with Crippen molar-refractivity contribution in [3.8, 4) is 0 Å². The quantitative estimate of drug-likeness (QED) is 0.246. The Morgan fingerprint density at radius 1 is 0.808 bits per heavy atom. The van der Waals surface area contributed by atoms with E-state index >= 15 is 0 Å². The van der Waals surface area contributed by atoms with Crippen molar-refractivity contribution in [3.05, 3.63) is 12.2 Å². The summed E-state index contributed by atoms with van der Waals surface area (Å²) in [5.41, 5.74) is 0.323. The highest BCUT2D eigenvalue weighted by Gasteiger charge is 2.78. The Bertz CT molecular complexity index is 492. The third-order valence-electron chi connectivity index (χ3n) is 7.86. The van der Waals surface area contributed by atoms with Gasteiger partial charge in [0.2, 0.25) is 0 Å². The van der Waals surface area contributed by atoms with Gasteiger partial charge in [-0.3, -0.25) is 4.79 Å². The molecule has 0 bridgehead atoms. The van der Waals surface area contributed by atoms with E-state index in [2.05, 4.69) is 19.1 Å². The third kappa shape index (κ3) is 4.04. The summed E-state index contributed by atoms with van der Waals surface area (Å²) in [6, 6.07) is 0. The first-order valence-electron chi connectivity index (χ1n) is 11.5. The van der Waals surface area contributed by atoms with E-state index in [0.29, 0.717) is 5.41 Å². The molecule has 26 heavy (non-hydrogen) atoms. The molecule has 2 heteroatoms. The fourth-order valence-electron chi connectivity index (χ4n) is 5.79. The highest BCUT2D eigenvalue weighted by molar-refractivity contribution is 5.80. The van der Waals surface area contributed by atoms with Crippen molar-refractivity contribution in [1.82, 2.24) is 0 Å². The average molecular weight is 361 g/mol. The first kappa shape index (κ1) is 20.0. The number of rotatable bonds is 15. The van der Waals surface area contributed by atoms with Gasteiger partial charge in [-0.2, -0.15) is 0 Å². The second-order valence-corrected chi connectivity index (χ2v) is 9.52. The molecule has 2 nitrogen and oxygen atoms in total. The lowest BCUT2D eigenvalue weighted by Gasteiger charge is -2.32. The Hall–Kier alpha value is -0.790. The summed E-state index contributed by atoms with van der Waals surface area (Å²) in [5.74, 6) is -0.487. The van der Waals surface area contributed by atoms with Crippen LogP contribution in [0.3, 0.4) is 0 Å². The number of aliphatic carboxylic acids is 1. The van der Waals surface area contributed by atoms with Gasteiger partial charge in [-0.05, 0) is 81.5 Å². The van der Waals surface area contributed by atoms with Crippen LogP contribution in [0.1, 0.15) is 116 Å². The van der Waals surface area contributed by atoms with Gasteiger partial charge in [-0.1, -0.05) is 57.6 Å². The highest BCUT2D eigenvalue weighted by atomic mass is 16.4. The zero-order valence-corrected chi connectivity index (χ0v) is 17.0. The van der Waals surface area contributed by atoms with Gasteiger partial charge in [0.05, 0.1) is 5.41 Å². The summed E-state index contributed by atoms with van der Waals surface area (Å²) in [4.78, 5) is 11.8. The maximum Gasteiger partial charge on any atom is 0.310 e. The topological polar surface area (TPSA) is 37.3 Å². The maximum absolute atomic E-state index is 11.8. The minimum atomic E-state index is -0.487. The number of hydrogen-bond donors (Lipinski definition) is 1. The van der Waals surface area contributed by atoms with Crippen LogP contribution in [0.4, 0.5) is 0 Å². The number of carbonyl (C=O) groups is 1. The zero-order chi connectivity index (χ0) is 18.5. The van der Waals surface area contributed by atoms with Crippen molar-refractivity contribution < 1.29 is 9.90 Å². The molecule has 0 aromatic carbocycles. The van der Waals surface area contributed by atoms with Crippen LogP contribution in [-0.2, 0) is 4.79 Å². The highest BCUT2D eigenvalue weighted by Crippen LogP contribution is 2.83. The summed E-state index contributed by atoms with van der Waals surface area (Å²) in [6.07, 6.45) is 26.3. The van der Waals surface area contributed by atoms with Crippen molar-refractivity contribution in [2.75, 3.05) is 0 Å². The van der Waals surface area contributed by atoms with E-state index in [4.69, 9.17) is 0 Å². The molecule has 3 aliphatic rings. The molecule has 0 spiro atoms. The first-order chi connectivity index (χ1) is 12.6. The van der Waals surface area contributed by atoms with Gasteiger partial charge in [0.1, 0.15) is 0 Å². The third-order valence-corrected chi connectivity index (χ3v) is 7.86. The van der Waals surface area contributed by atoms with Gasteiger partial charge in [-0.15, -0.1) is 0 Å². The van der Waals surface area contributed by atoms with Crippen LogP contribution in [-0.4, -0.2) is 11.1 Å². The minimum Gasteiger partial charge on any atom is -0.481 e. The molecule has 0 saturated heterocycles. The SMILES string of the molecule is CCCCCCCCC=CCCCCC1(C2(C3(C(=O)O)CC3)CC2)CC1. The van der Waals surface area contributed by atoms with Crippen LogP contribution in [0.15, 0.2) is 12.2 Å². The molecule has 0 aromatic rings. The summed E-state index contributed by atoms with van der Waals surface area (Å²) in [5, 5.41) is 9.73. The standard InChI is InChI=1S/C24H40O2/c1-2-3-4-5-6-7-8-9-10-11-12-13-14-22(15-16-22)24(19-20-24)23(17-18-23)21(25)26/h9-10H,2-8,11-20H2,1H3,(H,25,26). The Labute approximate surface area is 160 Å². The molecule has 0 amide bonds. The van der Waals surface area contributed by atoms with Crippen LogP contribution in [0, 0.1) is 16.2 Å². The van der Waals surface area contributed by atoms with E-state index in [1.54, 1.807) is 0 Å².